The van der Waals surface area contributed by atoms with Crippen LogP contribution in [0.4, 0.5) is 5.00 Å². The Morgan fingerprint density at radius 1 is 1.50 bits per heavy atom. The lowest BCUT2D eigenvalue weighted by atomic mass is 10.3. The third-order valence-electron chi connectivity index (χ3n) is 2.33. The number of carbonyl (C=O) groups is 2. The first kappa shape index (κ1) is 13.7. The van der Waals surface area contributed by atoms with Crippen molar-refractivity contribution in [3.63, 3.8) is 0 Å². The molecule has 0 bridgehead atoms. The van der Waals surface area contributed by atoms with Crippen molar-refractivity contribution >= 4 is 39.9 Å². The Hall–Kier alpha value is -2.74. The molecule has 2 aromatic heterocycles. The zero-order valence-electron chi connectivity index (χ0n) is 10.2. The summed E-state index contributed by atoms with van der Waals surface area (Å²) in [6.07, 6.45) is 6.01. The third kappa shape index (κ3) is 3.18. The van der Waals surface area contributed by atoms with Gasteiger partial charge >= 0.3 is 0 Å². The van der Waals surface area contributed by atoms with E-state index < -0.39 is 11.8 Å². The van der Waals surface area contributed by atoms with Crippen LogP contribution in [0.1, 0.15) is 16.2 Å². The number of nitrogens with one attached hydrogen (secondary N) is 3. The van der Waals surface area contributed by atoms with Crippen molar-refractivity contribution in [1.29, 1.82) is 5.41 Å². The van der Waals surface area contributed by atoms with Gasteiger partial charge in [-0.25, -0.2) is 4.98 Å². The van der Waals surface area contributed by atoms with Gasteiger partial charge in [-0.1, -0.05) is 0 Å². The fourth-order valence-corrected chi connectivity index (χ4v) is 2.16. The molecule has 2 aromatic rings. The normalized spacial score (nSPS) is 10.6. The molecule has 0 fully saturated rings. The van der Waals surface area contributed by atoms with Gasteiger partial charge in [-0.05, 0) is 23.6 Å². The van der Waals surface area contributed by atoms with Crippen molar-refractivity contribution < 1.29 is 9.59 Å². The Labute approximate surface area is 118 Å². The predicted octanol–water partition coefficient (Wildman–Crippen LogP) is 1.24. The van der Waals surface area contributed by atoms with Crippen LogP contribution in [0.25, 0.3) is 6.08 Å². The number of hydrogen-bond acceptors (Lipinski definition) is 5. The van der Waals surface area contributed by atoms with Crippen LogP contribution in [0.15, 0.2) is 29.9 Å². The van der Waals surface area contributed by atoms with E-state index in [1.165, 1.54) is 29.6 Å². The van der Waals surface area contributed by atoms with E-state index in [1.807, 2.05) is 0 Å². The van der Waals surface area contributed by atoms with Gasteiger partial charge in [-0.15, -0.1) is 11.3 Å². The molecule has 0 atom stereocenters. The highest BCUT2D eigenvalue weighted by Crippen LogP contribution is 2.22. The van der Waals surface area contributed by atoms with E-state index in [0.29, 0.717) is 10.8 Å². The number of primary amides is 1. The first-order chi connectivity index (χ1) is 9.58. The summed E-state index contributed by atoms with van der Waals surface area (Å²) >= 11 is 1.17. The second-order valence-electron chi connectivity index (χ2n) is 3.70. The molecule has 0 aliphatic carbocycles. The molecule has 7 nitrogen and oxygen atoms in total. The van der Waals surface area contributed by atoms with Gasteiger partial charge in [0.15, 0.2) is 0 Å². The van der Waals surface area contributed by atoms with Gasteiger partial charge in [0.1, 0.15) is 16.5 Å². The maximum atomic E-state index is 11.8. The Bertz CT molecular complexity index is 672. The molecule has 8 heteroatoms. The lowest BCUT2D eigenvalue weighted by Crippen LogP contribution is -2.21. The molecule has 0 unspecified atom stereocenters. The molecule has 5 N–H and O–H groups in total. The maximum Gasteiger partial charge on any atom is 0.274 e. The summed E-state index contributed by atoms with van der Waals surface area (Å²) in [4.78, 5) is 29.6. The Balaban J connectivity index is 2.03. The van der Waals surface area contributed by atoms with Crippen LogP contribution in [-0.4, -0.2) is 27.5 Å². The van der Waals surface area contributed by atoms with E-state index in [9.17, 15) is 9.59 Å². The number of aromatic amines is 1. The van der Waals surface area contributed by atoms with E-state index in [1.54, 1.807) is 17.8 Å². The molecule has 0 spiro atoms. The number of nitrogens with two attached hydrogens (primary N) is 1. The summed E-state index contributed by atoms with van der Waals surface area (Å²) in [7, 11) is 0. The minimum Gasteiger partial charge on any atom is -0.366 e. The molecule has 2 rings (SSSR count). The van der Waals surface area contributed by atoms with Gasteiger partial charge in [0.25, 0.3) is 11.8 Å². The SMILES string of the molecule is N=C(/C=C\c1ncc[nH]1)C(=O)Nc1sccc1C(N)=O. The third-order valence-corrected chi connectivity index (χ3v) is 3.16. The van der Waals surface area contributed by atoms with E-state index >= 15 is 0 Å². The van der Waals surface area contributed by atoms with Crippen LogP contribution in [0.5, 0.6) is 0 Å². The molecule has 0 saturated carbocycles. The van der Waals surface area contributed by atoms with Crippen LogP contribution in [-0.2, 0) is 4.79 Å². The van der Waals surface area contributed by atoms with Crippen molar-refractivity contribution in [2.75, 3.05) is 5.32 Å². The number of thiophene rings is 1. The number of nitrogens with zero attached hydrogens (tertiary/aromatic N) is 1. The number of H-pyrrole nitrogens is 1. The Morgan fingerprint density at radius 3 is 2.95 bits per heavy atom. The summed E-state index contributed by atoms with van der Waals surface area (Å²) in [5.74, 6) is -0.714. The van der Waals surface area contributed by atoms with Crippen molar-refractivity contribution in [2.45, 2.75) is 0 Å². The van der Waals surface area contributed by atoms with Gasteiger partial charge in [0.2, 0.25) is 0 Å². The molecular weight excluding hydrogens is 278 g/mol. The summed E-state index contributed by atoms with van der Waals surface area (Å²) in [5, 5.41) is 12.1. The molecule has 0 aliphatic heterocycles. The topological polar surface area (TPSA) is 125 Å². The number of carbonyl (C=O) groups excluding carboxylic acids is 2. The van der Waals surface area contributed by atoms with Crippen molar-refractivity contribution in [3.05, 3.63) is 41.3 Å². The van der Waals surface area contributed by atoms with Crippen LogP contribution in [0, 0.1) is 5.41 Å². The highest BCUT2D eigenvalue weighted by Gasteiger charge is 2.14. The molecule has 102 valence electrons. The molecular formula is C12H11N5O2S. The lowest BCUT2D eigenvalue weighted by molar-refractivity contribution is -0.110. The van der Waals surface area contributed by atoms with E-state index in [2.05, 4.69) is 15.3 Å². The van der Waals surface area contributed by atoms with E-state index in [-0.39, 0.29) is 11.3 Å². The minimum absolute atomic E-state index is 0.228. The summed E-state index contributed by atoms with van der Waals surface area (Å²) in [5.41, 5.74) is 5.14. The van der Waals surface area contributed by atoms with Gasteiger partial charge in [0, 0.05) is 12.4 Å². The fourth-order valence-electron chi connectivity index (χ4n) is 1.38. The fraction of sp³-hybridized carbons (Fsp3) is 0. The van der Waals surface area contributed by atoms with Crippen LogP contribution in [0.2, 0.25) is 0 Å². The standard InChI is InChI=1S/C12H11N5O2S/c13-8(1-2-9-15-4-5-16-9)11(19)17-12-7(10(14)18)3-6-20-12/h1-6,13H,(H2,14,18)(H,15,16)(H,17,19)/b2-1-,13-8?. The molecule has 20 heavy (non-hydrogen) atoms. The number of hydrogen-bond donors (Lipinski definition) is 4. The second-order valence-corrected chi connectivity index (χ2v) is 4.62. The molecule has 2 heterocycles. The van der Waals surface area contributed by atoms with Crippen molar-refractivity contribution in [3.8, 4) is 0 Å². The summed E-state index contributed by atoms with van der Waals surface area (Å²) in [6, 6.07) is 1.52. The summed E-state index contributed by atoms with van der Waals surface area (Å²) in [6.45, 7) is 0. The average Bonchev–Trinajstić information content (AvgIpc) is 3.06. The number of amides is 2. The second kappa shape index (κ2) is 5.93. The van der Waals surface area contributed by atoms with Crippen LogP contribution in [0.3, 0.4) is 0 Å². The number of rotatable bonds is 5. The highest BCUT2D eigenvalue weighted by molar-refractivity contribution is 7.14. The maximum absolute atomic E-state index is 11.8. The summed E-state index contributed by atoms with van der Waals surface area (Å²) < 4.78 is 0. The van der Waals surface area contributed by atoms with Crippen molar-refractivity contribution in [1.82, 2.24) is 9.97 Å². The predicted molar refractivity (Wildman–Crippen MR) is 76.8 cm³/mol. The lowest BCUT2D eigenvalue weighted by Gasteiger charge is -2.02. The molecule has 0 radical (unpaired) electrons. The smallest absolute Gasteiger partial charge is 0.274 e. The van der Waals surface area contributed by atoms with Gasteiger partial charge in [0.05, 0.1) is 5.56 Å². The zero-order chi connectivity index (χ0) is 14.5. The monoisotopic (exact) mass is 289 g/mol. The minimum atomic E-state index is -0.627. The largest absolute Gasteiger partial charge is 0.366 e. The van der Waals surface area contributed by atoms with Gasteiger partial charge in [-0.2, -0.15) is 0 Å². The van der Waals surface area contributed by atoms with E-state index in [0.717, 1.165) is 0 Å². The Morgan fingerprint density at radius 2 is 2.30 bits per heavy atom. The average molecular weight is 289 g/mol. The highest BCUT2D eigenvalue weighted by atomic mass is 32.1. The quantitative estimate of drug-likeness (QED) is 0.619. The number of anilines is 1. The van der Waals surface area contributed by atoms with Crippen molar-refractivity contribution in [2.24, 2.45) is 5.73 Å². The molecule has 0 aromatic carbocycles. The zero-order valence-corrected chi connectivity index (χ0v) is 11.0. The van der Waals surface area contributed by atoms with E-state index in [4.69, 9.17) is 11.1 Å². The number of aromatic nitrogens is 2. The number of imidazole rings is 1. The molecule has 0 aliphatic rings. The first-order valence-electron chi connectivity index (χ1n) is 5.52. The molecule has 2 amide bonds. The molecule has 0 saturated heterocycles. The van der Waals surface area contributed by atoms with Gasteiger partial charge in [-0.3, -0.25) is 15.0 Å². The van der Waals surface area contributed by atoms with Crippen LogP contribution < -0.4 is 11.1 Å². The first-order valence-corrected chi connectivity index (χ1v) is 6.40. The van der Waals surface area contributed by atoms with Gasteiger partial charge < -0.3 is 16.0 Å². The Kier molecular flexibility index (Phi) is 4.06. The van der Waals surface area contributed by atoms with Crippen LogP contribution >= 0.6 is 11.3 Å².